The molecule has 5 nitrogen and oxygen atoms in total. The van der Waals surface area contributed by atoms with Gasteiger partial charge in [0.05, 0.1) is 19.0 Å². The van der Waals surface area contributed by atoms with Crippen LogP contribution in [0, 0.1) is 0 Å². The van der Waals surface area contributed by atoms with Gasteiger partial charge >= 0.3 is 0 Å². The molecule has 0 bridgehead atoms. The van der Waals surface area contributed by atoms with E-state index in [1.54, 1.807) is 6.07 Å². The van der Waals surface area contributed by atoms with E-state index in [0.717, 1.165) is 5.56 Å². The molecule has 0 aliphatic rings. The van der Waals surface area contributed by atoms with E-state index in [1.165, 1.54) is 13.3 Å². The summed E-state index contributed by atoms with van der Waals surface area (Å²) in [6.45, 7) is 0.335. The van der Waals surface area contributed by atoms with Gasteiger partial charge in [0.25, 0.3) is 0 Å². The van der Waals surface area contributed by atoms with Crippen LogP contribution < -0.4 is 21.9 Å². The minimum Gasteiger partial charge on any atom is -0.481 e. The molecule has 1 atom stereocenters. The summed E-state index contributed by atoms with van der Waals surface area (Å²) >= 11 is 0. The van der Waals surface area contributed by atoms with Crippen molar-refractivity contribution in [2.75, 3.05) is 19.4 Å². The lowest BCUT2D eigenvalue weighted by Crippen LogP contribution is -2.21. The Kier molecular flexibility index (Phi) is 3.05. The van der Waals surface area contributed by atoms with E-state index < -0.39 is 0 Å². The van der Waals surface area contributed by atoms with Gasteiger partial charge in [0.1, 0.15) is 0 Å². The maximum atomic E-state index is 5.74. The predicted octanol–water partition coefficient (Wildman–Crippen LogP) is -0.369. The van der Waals surface area contributed by atoms with E-state index in [-0.39, 0.29) is 6.04 Å². The van der Waals surface area contributed by atoms with Crippen LogP contribution in [-0.4, -0.2) is 18.6 Å². The molecule has 0 aliphatic carbocycles. The summed E-state index contributed by atoms with van der Waals surface area (Å²) in [5.74, 6) is 0.479. The Morgan fingerprint density at radius 3 is 2.85 bits per heavy atom. The molecular weight excluding hydrogens is 168 g/mol. The molecule has 1 heterocycles. The maximum absolute atomic E-state index is 5.74. The van der Waals surface area contributed by atoms with Crippen LogP contribution in [0.3, 0.4) is 0 Å². The maximum Gasteiger partial charge on any atom is 0.218 e. The molecule has 13 heavy (non-hydrogen) atoms. The molecule has 1 aromatic rings. The van der Waals surface area contributed by atoms with Gasteiger partial charge in [0.2, 0.25) is 5.88 Å². The van der Waals surface area contributed by atoms with Gasteiger partial charge in [-0.3, -0.25) is 0 Å². The zero-order valence-electron chi connectivity index (χ0n) is 7.53. The Morgan fingerprint density at radius 2 is 2.31 bits per heavy atom. The van der Waals surface area contributed by atoms with E-state index in [2.05, 4.69) is 4.98 Å². The summed E-state index contributed by atoms with van der Waals surface area (Å²) < 4.78 is 5.02. The van der Waals surface area contributed by atoms with Crippen LogP contribution in [0.2, 0.25) is 0 Å². The monoisotopic (exact) mass is 182 g/mol. The van der Waals surface area contributed by atoms with Crippen molar-refractivity contribution < 1.29 is 4.74 Å². The topological polar surface area (TPSA) is 100 Å². The molecule has 5 heteroatoms. The quantitative estimate of drug-likeness (QED) is 0.592. The molecule has 0 spiro atoms. The van der Waals surface area contributed by atoms with Crippen molar-refractivity contribution in [2.45, 2.75) is 6.04 Å². The Labute approximate surface area is 76.9 Å². The lowest BCUT2D eigenvalue weighted by molar-refractivity contribution is 0.389. The molecule has 1 aromatic heterocycles. The average Bonchev–Trinajstić information content (AvgIpc) is 2.16. The van der Waals surface area contributed by atoms with Gasteiger partial charge < -0.3 is 21.9 Å². The van der Waals surface area contributed by atoms with Gasteiger partial charge in [0, 0.05) is 18.2 Å². The first-order valence-electron chi connectivity index (χ1n) is 3.94. The summed E-state index contributed by atoms with van der Waals surface area (Å²) in [6, 6.07) is 1.44. The molecule has 72 valence electrons. The fourth-order valence-corrected chi connectivity index (χ4v) is 1.05. The zero-order chi connectivity index (χ0) is 9.84. The number of aromatic nitrogens is 1. The van der Waals surface area contributed by atoms with Gasteiger partial charge in [-0.05, 0) is 6.07 Å². The molecular formula is C8H14N4O. The first-order chi connectivity index (χ1) is 6.19. The zero-order valence-corrected chi connectivity index (χ0v) is 7.53. The largest absolute Gasteiger partial charge is 0.481 e. The molecule has 6 N–H and O–H groups in total. The molecule has 0 radical (unpaired) electrons. The summed E-state index contributed by atoms with van der Waals surface area (Å²) in [5.41, 5.74) is 18.0. The number of ether oxygens (including phenoxy) is 1. The number of rotatable bonds is 3. The lowest BCUT2D eigenvalue weighted by atomic mass is 10.1. The second-order valence-electron chi connectivity index (χ2n) is 2.71. The fraction of sp³-hybridized carbons (Fsp3) is 0.375. The highest BCUT2D eigenvalue weighted by Crippen LogP contribution is 2.22. The van der Waals surface area contributed by atoms with Crippen molar-refractivity contribution in [2.24, 2.45) is 11.5 Å². The SMILES string of the molecule is COc1ncc(N)cc1[C@@H](N)CN. The Hall–Kier alpha value is -1.33. The minimum atomic E-state index is -0.286. The Balaban J connectivity index is 3.07. The van der Waals surface area contributed by atoms with Crippen LogP contribution in [-0.2, 0) is 0 Å². The average molecular weight is 182 g/mol. The molecule has 0 aromatic carbocycles. The minimum absolute atomic E-state index is 0.286. The van der Waals surface area contributed by atoms with Crippen LogP contribution in [0.15, 0.2) is 12.3 Å². The molecule has 0 saturated carbocycles. The predicted molar refractivity (Wildman–Crippen MR) is 51.2 cm³/mol. The second-order valence-corrected chi connectivity index (χ2v) is 2.71. The van der Waals surface area contributed by atoms with Crippen molar-refractivity contribution >= 4 is 5.69 Å². The fourth-order valence-electron chi connectivity index (χ4n) is 1.05. The number of pyridine rings is 1. The first kappa shape index (κ1) is 9.76. The van der Waals surface area contributed by atoms with Crippen LogP contribution in [0.5, 0.6) is 5.88 Å². The summed E-state index contributed by atoms with van der Waals surface area (Å²) in [6.07, 6.45) is 1.52. The normalized spacial score (nSPS) is 12.5. The summed E-state index contributed by atoms with van der Waals surface area (Å²) in [4.78, 5) is 3.98. The van der Waals surface area contributed by atoms with E-state index in [9.17, 15) is 0 Å². The van der Waals surface area contributed by atoms with Crippen molar-refractivity contribution in [3.63, 3.8) is 0 Å². The number of hydrogen-bond donors (Lipinski definition) is 3. The third-order valence-corrected chi connectivity index (χ3v) is 1.75. The number of methoxy groups -OCH3 is 1. The van der Waals surface area contributed by atoms with E-state index >= 15 is 0 Å². The van der Waals surface area contributed by atoms with Gasteiger partial charge in [-0.1, -0.05) is 0 Å². The second kappa shape index (κ2) is 4.06. The van der Waals surface area contributed by atoms with Gasteiger partial charge in [-0.25, -0.2) is 4.98 Å². The van der Waals surface area contributed by atoms with E-state index in [4.69, 9.17) is 21.9 Å². The number of nitrogen functional groups attached to an aromatic ring is 1. The highest BCUT2D eigenvalue weighted by molar-refractivity contribution is 5.43. The Morgan fingerprint density at radius 1 is 1.62 bits per heavy atom. The van der Waals surface area contributed by atoms with Crippen molar-refractivity contribution in [3.8, 4) is 5.88 Å². The third-order valence-electron chi connectivity index (χ3n) is 1.75. The highest BCUT2D eigenvalue weighted by atomic mass is 16.5. The summed E-state index contributed by atoms with van der Waals surface area (Å²) in [7, 11) is 1.53. The van der Waals surface area contributed by atoms with Crippen molar-refractivity contribution in [3.05, 3.63) is 17.8 Å². The van der Waals surface area contributed by atoms with Crippen molar-refractivity contribution in [1.29, 1.82) is 0 Å². The number of nitrogens with zero attached hydrogens (tertiary/aromatic N) is 1. The van der Waals surface area contributed by atoms with Gasteiger partial charge in [-0.2, -0.15) is 0 Å². The van der Waals surface area contributed by atoms with Crippen LogP contribution in [0.4, 0.5) is 5.69 Å². The lowest BCUT2D eigenvalue weighted by Gasteiger charge is -2.12. The highest BCUT2D eigenvalue weighted by Gasteiger charge is 2.11. The molecule has 0 fully saturated rings. The first-order valence-corrected chi connectivity index (χ1v) is 3.94. The molecule has 0 aliphatic heterocycles. The molecule has 0 saturated heterocycles. The molecule has 0 unspecified atom stereocenters. The van der Waals surface area contributed by atoms with Crippen molar-refractivity contribution in [1.82, 2.24) is 4.98 Å². The number of anilines is 1. The smallest absolute Gasteiger partial charge is 0.218 e. The summed E-state index contributed by atoms with van der Waals surface area (Å²) in [5, 5.41) is 0. The number of hydrogen-bond acceptors (Lipinski definition) is 5. The van der Waals surface area contributed by atoms with Gasteiger partial charge in [0.15, 0.2) is 0 Å². The van der Waals surface area contributed by atoms with Gasteiger partial charge in [-0.15, -0.1) is 0 Å². The third kappa shape index (κ3) is 2.07. The number of nitrogens with two attached hydrogens (primary N) is 3. The van der Waals surface area contributed by atoms with E-state index in [1.807, 2.05) is 0 Å². The standard InChI is InChI=1S/C8H14N4O/c1-13-8-6(7(11)3-9)2-5(10)4-12-8/h2,4,7H,3,9-11H2,1H3/t7-/m0/s1. The Bertz CT molecular complexity index is 289. The molecule has 1 rings (SSSR count). The van der Waals surface area contributed by atoms with Crippen LogP contribution in [0.1, 0.15) is 11.6 Å². The van der Waals surface area contributed by atoms with Crippen LogP contribution in [0.25, 0.3) is 0 Å². The van der Waals surface area contributed by atoms with E-state index in [0.29, 0.717) is 18.1 Å². The molecule has 0 amide bonds. The van der Waals surface area contributed by atoms with Crippen LogP contribution >= 0.6 is 0 Å².